The molecular formula is C17H20BrNO. The van der Waals surface area contributed by atoms with Crippen molar-refractivity contribution < 1.29 is 4.74 Å². The Bertz CT molecular complexity index is 556. The van der Waals surface area contributed by atoms with Gasteiger partial charge in [-0.1, -0.05) is 46.3 Å². The lowest BCUT2D eigenvalue weighted by molar-refractivity contribution is 0.407. The van der Waals surface area contributed by atoms with Gasteiger partial charge in [-0.25, -0.2) is 0 Å². The quantitative estimate of drug-likeness (QED) is 0.862. The molecule has 0 saturated heterocycles. The van der Waals surface area contributed by atoms with Crippen molar-refractivity contribution in [3.05, 3.63) is 64.1 Å². The van der Waals surface area contributed by atoms with E-state index in [4.69, 9.17) is 4.74 Å². The Morgan fingerprint density at radius 2 is 1.95 bits per heavy atom. The topological polar surface area (TPSA) is 21.3 Å². The van der Waals surface area contributed by atoms with Gasteiger partial charge in [0.05, 0.1) is 7.11 Å². The van der Waals surface area contributed by atoms with Gasteiger partial charge in [-0.05, 0) is 42.8 Å². The first kappa shape index (κ1) is 15.1. The van der Waals surface area contributed by atoms with Crippen LogP contribution < -0.4 is 10.1 Å². The predicted molar refractivity (Wildman–Crippen MR) is 87.5 cm³/mol. The van der Waals surface area contributed by atoms with Crippen molar-refractivity contribution in [3.8, 4) is 5.75 Å². The third kappa shape index (κ3) is 3.84. The molecule has 3 heteroatoms. The highest BCUT2D eigenvalue weighted by Crippen LogP contribution is 2.27. The molecule has 106 valence electrons. The number of para-hydroxylation sites is 1. The van der Waals surface area contributed by atoms with Crippen LogP contribution in [0.15, 0.2) is 53.0 Å². The Morgan fingerprint density at radius 3 is 2.65 bits per heavy atom. The number of hydrogen-bond donors (Lipinski definition) is 1. The van der Waals surface area contributed by atoms with Crippen molar-refractivity contribution in [1.29, 1.82) is 0 Å². The molecule has 0 aromatic heterocycles. The summed E-state index contributed by atoms with van der Waals surface area (Å²) in [6, 6.07) is 16.8. The van der Waals surface area contributed by atoms with E-state index in [1.54, 1.807) is 7.11 Å². The van der Waals surface area contributed by atoms with Crippen LogP contribution in [0.2, 0.25) is 0 Å². The van der Waals surface area contributed by atoms with Crippen LogP contribution in [0.5, 0.6) is 5.75 Å². The molecule has 20 heavy (non-hydrogen) atoms. The zero-order chi connectivity index (χ0) is 14.4. The summed E-state index contributed by atoms with van der Waals surface area (Å²) in [5.41, 5.74) is 2.58. The monoisotopic (exact) mass is 333 g/mol. The van der Waals surface area contributed by atoms with Gasteiger partial charge >= 0.3 is 0 Å². The summed E-state index contributed by atoms with van der Waals surface area (Å²) in [6.07, 6.45) is 0.960. The van der Waals surface area contributed by atoms with Crippen molar-refractivity contribution in [3.63, 3.8) is 0 Å². The Balaban J connectivity index is 2.25. The molecule has 1 N–H and O–H groups in total. The Morgan fingerprint density at radius 1 is 1.15 bits per heavy atom. The maximum Gasteiger partial charge on any atom is 0.122 e. The molecule has 0 radical (unpaired) electrons. The SMILES string of the molecule is CNCC(Cc1ccccc1OC)c1cccc(Br)c1. The summed E-state index contributed by atoms with van der Waals surface area (Å²) in [5, 5.41) is 3.29. The molecular weight excluding hydrogens is 314 g/mol. The Labute approximate surface area is 129 Å². The van der Waals surface area contributed by atoms with Gasteiger partial charge < -0.3 is 10.1 Å². The summed E-state index contributed by atoms with van der Waals surface area (Å²) in [5.74, 6) is 1.39. The summed E-state index contributed by atoms with van der Waals surface area (Å²) in [4.78, 5) is 0. The number of methoxy groups -OCH3 is 1. The van der Waals surface area contributed by atoms with Gasteiger partial charge in [-0.15, -0.1) is 0 Å². The molecule has 1 atom stereocenters. The molecule has 0 heterocycles. The fraction of sp³-hybridized carbons (Fsp3) is 0.294. The number of nitrogens with one attached hydrogen (secondary N) is 1. The van der Waals surface area contributed by atoms with Gasteiger partial charge in [0.25, 0.3) is 0 Å². The van der Waals surface area contributed by atoms with Gasteiger partial charge in [-0.3, -0.25) is 0 Å². The van der Waals surface area contributed by atoms with Crippen molar-refractivity contribution in [2.75, 3.05) is 20.7 Å². The van der Waals surface area contributed by atoms with Crippen LogP contribution in [0.4, 0.5) is 0 Å². The number of benzene rings is 2. The Hall–Kier alpha value is -1.32. The number of hydrogen-bond acceptors (Lipinski definition) is 2. The largest absolute Gasteiger partial charge is 0.496 e. The second-order valence-corrected chi connectivity index (χ2v) is 5.74. The minimum absolute atomic E-state index is 0.425. The number of halogens is 1. The molecule has 0 aliphatic heterocycles. The maximum atomic E-state index is 5.45. The average molecular weight is 334 g/mol. The average Bonchev–Trinajstić information content (AvgIpc) is 2.47. The standard InChI is InChI=1S/C17H20BrNO/c1-19-12-15(13-7-5-8-16(18)11-13)10-14-6-3-4-9-17(14)20-2/h3-9,11,15,19H,10,12H2,1-2H3. The third-order valence-electron chi connectivity index (χ3n) is 3.43. The molecule has 0 spiro atoms. The Kier molecular flexibility index (Phi) is 5.62. The number of ether oxygens (including phenoxy) is 1. The number of likely N-dealkylation sites (N-methyl/N-ethyl adjacent to an activating group) is 1. The van der Waals surface area contributed by atoms with Crippen LogP contribution in [-0.4, -0.2) is 20.7 Å². The molecule has 2 aromatic carbocycles. The maximum absolute atomic E-state index is 5.45. The van der Waals surface area contributed by atoms with Crippen molar-refractivity contribution in [2.45, 2.75) is 12.3 Å². The van der Waals surface area contributed by atoms with Crippen LogP contribution in [0.25, 0.3) is 0 Å². The van der Waals surface area contributed by atoms with Crippen LogP contribution >= 0.6 is 15.9 Å². The van der Waals surface area contributed by atoms with E-state index >= 15 is 0 Å². The molecule has 0 aliphatic rings. The van der Waals surface area contributed by atoms with Gasteiger partial charge in [0.15, 0.2) is 0 Å². The van der Waals surface area contributed by atoms with E-state index in [9.17, 15) is 0 Å². The highest BCUT2D eigenvalue weighted by atomic mass is 79.9. The van der Waals surface area contributed by atoms with E-state index in [0.29, 0.717) is 5.92 Å². The summed E-state index contributed by atoms with van der Waals surface area (Å²) >= 11 is 3.55. The van der Waals surface area contributed by atoms with Crippen LogP contribution in [-0.2, 0) is 6.42 Å². The van der Waals surface area contributed by atoms with Crippen LogP contribution in [0.3, 0.4) is 0 Å². The first-order valence-electron chi connectivity index (χ1n) is 6.76. The van der Waals surface area contributed by atoms with Gasteiger partial charge in [-0.2, -0.15) is 0 Å². The smallest absolute Gasteiger partial charge is 0.122 e. The minimum Gasteiger partial charge on any atom is -0.496 e. The third-order valence-corrected chi connectivity index (χ3v) is 3.92. The molecule has 2 rings (SSSR count). The zero-order valence-electron chi connectivity index (χ0n) is 11.9. The molecule has 0 saturated carbocycles. The van der Waals surface area contributed by atoms with E-state index in [1.165, 1.54) is 11.1 Å². The predicted octanol–water partition coefficient (Wildman–Crippen LogP) is 4.00. The van der Waals surface area contributed by atoms with E-state index in [0.717, 1.165) is 23.2 Å². The normalized spacial score (nSPS) is 12.2. The highest BCUT2D eigenvalue weighted by molar-refractivity contribution is 9.10. The molecule has 1 unspecified atom stereocenters. The molecule has 0 fully saturated rings. The lowest BCUT2D eigenvalue weighted by Crippen LogP contribution is -2.19. The summed E-state index contributed by atoms with van der Waals surface area (Å²) in [7, 11) is 3.72. The van der Waals surface area contributed by atoms with Crippen molar-refractivity contribution in [2.24, 2.45) is 0 Å². The lowest BCUT2D eigenvalue weighted by Gasteiger charge is -2.19. The van der Waals surface area contributed by atoms with E-state index in [1.807, 2.05) is 19.2 Å². The second kappa shape index (κ2) is 7.46. The van der Waals surface area contributed by atoms with Crippen LogP contribution in [0, 0.1) is 0 Å². The van der Waals surface area contributed by atoms with E-state index in [2.05, 4.69) is 57.6 Å². The van der Waals surface area contributed by atoms with E-state index in [-0.39, 0.29) is 0 Å². The highest BCUT2D eigenvalue weighted by Gasteiger charge is 2.14. The zero-order valence-corrected chi connectivity index (χ0v) is 13.5. The first-order valence-corrected chi connectivity index (χ1v) is 7.56. The first-order chi connectivity index (χ1) is 9.74. The van der Waals surface area contributed by atoms with Gasteiger partial charge in [0.1, 0.15) is 5.75 Å². The summed E-state index contributed by atoms with van der Waals surface area (Å²) < 4.78 is 6.58. The molecule has 0 bridgehead atoms. The van der Waals surface area contributed by atoms with Crippen molar-refractivity contribution in [1.82, 2.24) is 5.32 Å². The molecule has 2 aromatic rings. The number of rotatable bonds is 6. The molecule has 0 aliphatic carbocycles. The fourth-order valence-corrected chi connectivity index (χ4v) is 2.87. The lowest BCUT2D eigenvalue weighted by atomic mass is 9.91. The van der Waals surface area contributed by atoms with Gasteiger partial charge in [0.2, 0.25) is 0 Å². The summed E-state index contributed by atoms with van der Waals surface area (Å²) in [6.45, 7) is 0.939. The molecule has 0 amide bonds. The second-order valence-electron chi connectivity index (χ2n) is 4.83. The van der Waals surface area contributed by atoms with Gasteiger partial charge in [0, 0.05) is 16.9 Å². The van der Waals surface area contributed by atoms with E-state index < -0.39 is 0 Å². The van der Waals surface area contributed by atoms with Crippen LogP contribution in [0.1, 0.15) is 17.0 Å². The minimum atomic E-state index is 0.425. The molecule has 2 nitrogen and oxygen atoms in total. The van der Waals surface area contributed by atoms with Crippen molar-refractivity contribution >= 4 is 15.9 Å². The fourth-order valence-electron chi connectivity index (χ4n) is 2.45.